The number of nitrogens with zero attached hydrogens (tertiary/aromatic N) is 1. The summed E-state index contributed by atoms with van der Waals surface area (Å²) in [5.41, 5.74) is 4.84. The van der Waals surface area contributed by atoms with E-state index in [2.05, 4.69) is 17.6 Å². The smallest absolute Gasteiger partial charge is 0.262 e. The Morgan fingerprint density at radius 3 is 2.05 bits per heavy atom. The van der Waals surface area contributed by atoms with E-state index in [1.807, 2.05) is 47.2 Å². The predicted molar refractivity (Wildman–Crippen MR) is 81.7 cm³/mol. The lowest BCUT2D eigenvalue weighted by atomic mass is 10.2. The van der Waals surface area contributed by atoms with Crippen LogP contribution in [0.2, 0.25) is 0 Å². The van der Waals surface area contributed by atoms with E-state index in [0.29, 0.717) is 5.57 Å². The second-order valence-corrected chi connectivity index (χ2v) is 4.69. The average Bonchev–Trinajstić information content (AvgIpc) is 2.81. The Kier molecular flexibility index (Phi) is 3.00. The number of hydrogen-bond donors (Lipinski definition) is 2. The summed E-state index contributed by atoms with van der Waals surface area (Å²) in [5, 5.41) is 2.33. The molecule has 2 aromatic carbocycles. The van der Waals surface area contributed by atoms with E-state index < -0.39 is 0 Å². The van der Waals surface area contributed by atoms with Gasteiger partial charge in [0.1, 0.15) is 0 Å². The van der Waals surface area contributed by atoms with Crippen LogP contribution in [-0.2, 0) is 4.79 Å². The number of fused-ring (bicyclic) bond motifs is 3. The third-order valence-corrected chi connectivity index (χ3v) is 3.43. The van der Waals surface area contributed by atoms with Crippen LogP contribution in [0.15, 0.2) is 54.1 Å². The van der Waals surface area contributed by atoms with Gasteiger partial charge < -0.3 is 4.57 Å². The largest absolute Gasteiger partial charge is 0.315 e. The van der Waals surface area contributed by atoms with Gasteiger partial charge in [-0.25, -0.2) is 5.84 Å². The van der Waals surface area contributed by atoms with Crippen molar-refractivity contribution in [3.63, 3.8) is 0 Å². The molecular weight excluding hydrogens is 250 g/mol. The second-order valence-electron chi connectivity index (χ2n) is 4.69. The minimum absolute atomic E-state index is 0.285. The van der Waals surface area contributed by atoms with Crippen molar-refractivity contribution >= 4 is 33.9 Å². The molecule has 4 heteroatoms. The maximum atomic E-state index is 11.6. The molecule has 0 aliphatic carbocycles. The second kappa shape index (κ2) is 4.83. The number of para-hydroxylation sites is 2. The molecule has 0 aliphatic heterocycles. The Hall–Kier alpha value is -2.59. The third kappa shape index (κ3) is 1.87. The topological polar surface area (TPSA) is 60.0 Å². The number of nitrogens with one attached hydrogen (secondary N) is 1. The lowest BCUT2D eigenvalue weighted by Gasteiger charge is -2.03. The Balaban J connectivity index is 2.35. The standard InChI is InChI=1S/C16H15N3O/c1-11(16(20)18-17)10-19-14-8-4-2-6-12(14)13-7-3-5-9-15(13)19/h2-10H,17H2,1H3,(H,18,20)/b11-10-. The van der Waals surface area contributed by atoms with Crippen LogP contribution < -0.4 is 11.3 Å². The van der Waals surface area contributed by atoms with Crippen LogP contribution in [0.1, 0.15) is 6.92 Å². The Bertz CT molecular complexity index is 777. The highest BCUT2D eigenvalue weighted by atomic mass is 16.2. The van der Waals surface area contributed by atoms with Gasteiger partial charge in [0.05, 0.1) is 11.0 Å². The third-order valence-electron chi connectivity index (χ3n) is 3.43. The molecule has 4 nitrogen and oxygen atoms in total. The number of hydrogen-bond acceptors (Lipinski definition) is 2. The SMILES string of the molecule is C/C(=C/n1c2ccccc2c2ccccc21)C(=O)NN. The molecule has 20 heavy (non-hydrogen) atoms. The van der Waals surface area contributed by atoms with E-state index in [4.69, 9.17) is 5.84 Å². The number of benzene rings is 2. The lowest BCUT2D eigenvalue weighted by Crippen LogP contribution is -2.30. The molecule has 3 rings (SSSR count). The first-order valence-corrected chi connectivity index (χ1v) is 6.39. The van der Waals surface area contributed by atoms with Crippen molar-refractivity contribution in [2.75, 3.05) is 0 Å². The molecule has 0 atom stereocenters. The van der Waals surface area contributed by atoms with Gasteiger partial charge >= 0.3 is 0 Å². The van der Waals surface area contributed by atoms with Gasteiger partial charge in [0.15, 0.2) is 0 Å². The van der Waals surface area contributed by atoms with Gasteiger partial charge in [-0.1, -0.05) is 36.4 Å². The molecule has 0 radical (unpaired) electrons. The molecule has 3 aromatic rings. The van der Waals surface area contributed by atoms with Crippen molar-refractivity contribution in [3.8, 4) is 0 Å². The van der Waals surface area contributed by atoms with E-state index in [-0.39, 0.29) is 5.91 Å². The van der Waals surface area contributed by atoms with E-state index in [1.165, 1.54) is 10.8 Å². The first-order chi connectivity index (χ1) is 9.72. The summed E-state index contributed by atoms with van der Waals surface area (Å²) in [6.07, 6.45) is 1.81. The summed E-state index contributed by atoms with van der Waals surface area (Å²) in [4.78, 5) is 11.6. The summed E-state index contributed by atoms with van der Waals surface area (Å²) in [5.74, 6) is 4.89. The summed E-state index contributed by atoms with van der Waals surface area (Å²) in [6.45, 7) is 1.74. The molecule has 0 fully saturated rings. The summed E-state index contributed by atoms with van der Waals surface area (Å²) < 4.78 is 2.02. The molecule has 0 bridgehead atoms. The van der Waals surface area contributed by atoms with Gasteiger partial charge in [-0.15, -0.1) is 0 Å². The first kappa shape index (κ1) is 12.4. The van der Waals surface area contributed by atoms with E-state index in [9.17, 15) is 4.79 Å². The number of rotatable bonds is 2. The summed E-state index contributed by atoms with van der Waals surface area (Å²) in [6, 6.07) is 16.3. The summed E-state index contributed by atoms with van der Waals surface area (Å²) >= 11 is 0. The predicted octanol–water partition coefficient (Wildman–Crippen LogP) is 2.65. The number of carbonyl (C=O) groups is 1. The highest BCUT2D eigenvalue weighted by molar-refractivity contribution is 6.10. The molecule has 0 saturated heterocycles. The van der Waals surface area contributed by atoms with Crippen LogP contribution in [0.5, 0.6) is 0 Å². The van der Waals surface area contributed by atoms with Crippen molar-refractivity contribution < 1.29 is 4.79 Å². The molecule has 1 amide bonds. The number of carbonyl (C=O) groups excluding carboxylic acids is 1. The lowest BCUT2D eigenvalue weighted by molar-refractivity contribution is -0.117. The molecule has 0 unspecified atom stereocenters. The van der Waals surface area contributed by atoms with Crippen LogP contribution in [0.25, 0.3) is 28.0 Å². The van der Waals surface area contributed by atoms with Crippen LogP contribution >= 0.6 is 0 Å². The van der Waals surface area contributed by atoms with Gasteiger partial charge in [-0.3, -0.25) is 10.2 Å². The van der Waals surface area contributed by atoms with E-state index in [0.717, 1.165) is 11.0 Å². The van der Waals surface area contributed by atoms with Crippen molar-refractivity contribution in [2.24, 2.45) is 5.84 Å². The zero-order valence-corrected chi connectivity index (χ0v) is 11.1. The molecule has 100 valence electrons. The first-order valence-electron chi connectivity index (χ1n) is 6.39. The normalized spacial score (nSPS) is 12.0. The maximum Gasteiger partial charge on any atom is 0.262 e. The van der Waals surface area contributed by atoms with Crippen LogP contribution in [0.4, 0.5) is 0 Å². The Morgan fingerprint density at radius 2 is 1.55 bits per heavy atom. The number of amides is 1. The van der Waals surface area contributed by atoms with Gasteiger partial charge in [0.25, 0.3) is 5.91 Å². The summed E-state index contributed by atoms with van der Waals surface area (Å²) in [7, 11) is 0. The maximum absolute atomic E-state index is 11.6. The molecule has 0 saturated carbocycles. The molecule has 0 spiro atoms. The van der Waals surface area contributed by atoms with Gasteiger partial charge in [0, 0.05) is 22.5 Å². The Morgan fingerprint density at radius 1 is 1.05 bits per heavy atom. The fraction of sp³-hybridized carbons (Fsp3) is 0.0625. The van der Waals surface area contributed by atoms with E-state index in [1.54, 1.807) is 6.92 Å². The number of nitrogens with two attached hydrogens (primary N) is 1. The van der Waals surface area contributed by atoms with Crippen molar-refractivity contribution in [2.45, 2.75) is 6.92 Å². The molecule has 1 aromatic heterocycles. The molecule has 1 heterocycles. The zero-order chi connectivity index (χ0) is 14.1. The zero-order valence-electron chi connectivity index (χ0n) is 11.1. The van der Waals surface area contributed by atoms with Crippen LogP contribution in [0, 0.1) is 0 Å². The van der Waals surface area contributed by atoms with Gasteiger partial charge in [-0.05, 0) is 19.1 Å². The van der Waals surface area contributed by atoms with Crippen LogP contribution in [-0.4, -0.2) is 10.5 Å². The minimum atomic E-state index is -0.285. The van der Waals surface area contributed by atoms with Crippen molar-refractivity contribution in [1.82, 2.24) is 9.99 Å². The number of hydrazine groups is 1. The van der Waals surface area contributed by atoms with Crippen molar-refractivity contribution in [3.05, 3.63) is 54.1 Å². The highest BCUT2D eigenvalue weighted by Gasteiger charge is 2.09. The van der Waals surface area contributed by atoms with Gasteiger partial charge in [0.2, 0.25) is 0 Å². The fourth-order valence-electron chi connectivity index (χ4n) is 2.46. The minimum Gasteiger partial charge on any atom is -0.315 e. The quantitative estimate of drug-likeness (QED) is 0.324. The van der Waals surface area contributed by atoms with E-state index >= 15 is 0 Å². The molecule has 0 aliphatic rings. The average molecular weight is 265 g/mol. The Labute approximate surface area is 116 Å². The highest BCUT2D eigenvalue weighted by Crippen LogP contribution is 2.29. The van der Waals surface area contributed by atoms with Gasteiger partial charge in [-0.2, -0.15) is 0 Å². The molecular formula is C16H15N3O. The fourth-order valence-corrected chi connectivity index (χ4v) is 2.46. The van der Waals surface area contributed by atoms with Crippen LogP contribution in [0.3, 0.4) is 0 Å². The molecule has 3 N–H and O–H groups in total. The number of aromatic nitrogens is 1. The monoisotopic (exact) mass is 265 g/mol. The van der Waals surface area contributed by atoms with Crippen molar-refractivity contribution in [1.29, 1.82) is 0 Å².